The van der Waals surface area contributed by atoms with Crippen molar-refractivity contribution in [1.29, 1.82) is 0 Å². The van der Waals surface area contributed by atoms with Crippen LogP contribution in [0, 0.1) is 0 Å². The Morgan fingerprint density at radius 2 is 2.08 bits per heavy atom. The van der Waals surface area contributed by atoms with E-state index in [2.05, 4.69) is 0 Å². The summed E-state index contributed by atoms with van der Waals surface area (Å²) in [4.78, 5) is 11.1. The first-order valence-corrected chi connectivity index (χ1v) is 3.73. The lowest BCUT2D eigenvalue weighted by atomic mass is 10.3. The van der Waals surface area contributed by atoms with Gasteiger partial charge in [0.15, 0.2) is 0 Å². The number of hydrogen-bond donors (Lipinski definition) is 2. The fourth-order valence-electron chi connectivity index (χ4n) is 0.922. The molecule has 6 heteroatoms. The summed E-state index contributed by atoms with van der Waals surface area (Å²) < 4.78 is 25.0. The van der Waals surface area contributed by atoms with Crippen molar-refractivity contribution in [3.05, 3.63) is 0 Å². The molecule has 0 radical (unpaired) electrons. The third kappa shape index (κ3) is 4.74. The Labute approximate surface area is 74.8 Å². The maximum Gasteiger partial charge on any atom is 0.375 e. The van der Waals surface area contributed by atoms with Crippen molar-refractivity contribution in [3.8, 4) is 0 Å². The summed E-state index contributed by atoms with van der Waals surface area (Å²) in [6.45, 7) is 0.561. The van der Waals surface area contributed by atoms with Crippen molar-refractivity contribution < 1.29 is 23.8 Å². The molecule has 0 saturated heterocycles. The number of rotatable bonds is 5. The second-order valence-corrected chi connectivity index (χ2v) is 3.06. The van der Waals surface area contributed by atoms with Gasteiger partial charge in [-0.15, -0.1) is 0 Å². The normalized spacial score (nSPS) is 14.6. The lowest BCUT2D eigenvalue weighted by Crippen LogP contribution is -2.42. The third-order valence-corrected chi connectivity index (χ3v) is 1.36. The zero-order chi connectivity index (χ0) is 10.6. The van der Waals surface area contributed by atoms with Gasteiger partial charge in [-0.2, -0.15) is 8.78 Å². The van der Waals surface area contributed by atoms with Gasteiger partial charge in [0.2, 0.25) is 0 Å². The lowest BCUT2D eigenvalue weighted by molar-refractivity contribution is -0.167. The molecule has 0 fully saturated rings. The molecule has 0 spiro atoms. The Kier molecular flexibility index (Phi) is 4.22. The molecule has 0 heterocycles. The highest BCUT2D eigenvalue weighted by atomic mass is 19.3. The number of hydrogen-bond acceptors (Lipinski definition) is 3. The molecule has 0 aromatic carbocycles. The molecule has 2 N–H and O–H groups in total. The molecule has 0 aliphatic heterocycles. The first-order valence-electron chi connectivity index (χ1n) is 3.73. The quantitative estimate of drug-likeness (QED) is 0.652. The maximum atomic E-state index is 12.5. The molecular formula is C7H13F2NO3. The predicted molar refractivity (Wildman–Crippen MR) is 41.8 cm³/mol. The van der Waals surface area contributed by atoms with Crippen molar-refractivity contribution in [2.75, 3.05) is 20.1 Å². The van der Waals surface area contributed by atoms with E-state index in [9.17, 15) is 13.6 Å². The van der Waals surface area contributed by atoms with Crippen molar-refractivity contribution >= 4 is 5.97 Å². The summed E-state index contributed by atoms with van der Waals surface area (Å²) in [5.74, 6) is -5.91. The maximum absolute atomic E-state index is 12.5. The lowest BCUT2D eigenvalue weighted by Gasteiger charge is -2.21. The highest BCUT2D eigenvalue weighted by Crippen LogP contribution is 2.14. The molecule has 0 aliphatic carbocycles. The van der Waals surface area contributed by atoms with E-state index in [1.54, 1.807) is 0 Å². The van der Waals surface area contributed by atoms with E-state index in [1.807, 2.05) is 0 Å². The minimum atomic E-state index is -3.76. The van der Waals surface area contributed by atoms with Gasteiger partial charge in [0.25, 0.3) is 0 Å². The standard InChI is InChI=1S/C7H13F2NO3/c1-5(11)3-10(2)4-7(8,9)6(12)13/h5,11H,3-4H2,1-2H3,(H,12,13). The minimum absolute atomic E-state index is 0.0167. The van der Waals surface area contributed by atoms with E-state index in [4.69, 9.17) is 10.2 Å². The van der Waals surface area contributed by atoms with Crippen LogP contribution in [0.25, 0.3) is 0 Å². The topological polar surface area (TPSA) is 60.8 Å². The summed E-state index contributed by atoms with van der Waals surface area (Å²) in [7, 11) is 1.32. The van der Waals surface area contributed by atoms with Gasteiger partial charge in [-0.1, -0.05) is 0 Å². The number of nitrogens with zero attached hydrogens (tertiary/aromatic N) is 1. The van der Waals surface area contributed by atoms with Crippen LogP contribution in [0.2, 0.25) is 0 Å². The molecule has 13 heavy (non-hydrogen) atoms. The first kappa shape index (κ1) is 12.2. The molecule has 0 bridgehead atoms. The van der Waals surface area contributed by atoms with Crippen molar-refractivity contribution in [3.63, 3.8) is 0 Å². The molecule has 1 atom stereocenters. The third-order valence-electron chi connectivity index (χ3n) is 1.36. The number of aliphatic carboxylic acids is 1. The minimum Gasteiger partial charge on any atom is -0.477 e. The highest BCUT2D eigenvalue weighted by molar-refractivity contribution is 5.75. The summed E-state index contributed by atoms with van der Waals surface area (Å²) in [5.41, 5.74) is 0. The summed E-state index contributed by atoms with van der Waals surface area (Å²) in [6, 6.07) is 0. The number of carbonyl (C=O) groups is 1. The smallest absolute Gasteiger partial charge is 0.375 e. The molecule has 1 unspecified atom stereocenters. The molecular weight excluding hydrogens is 184 g/mol. The summed E-state index contributed by atoms with van der Waals surface area (Å²) >= 11 is 0. The van der Waals surface area contributed by atoms with Crippen LogP contribution >= 0.6 is 0 Å². The van der Waals surface area contributed by atoms with Crippen LogP contribution in [0.15, 0.2) is 0 Å². The number of carboxylic acids is 1. The van der Waals surface area contributed by atoms with Crippen LogP contribution in [0.4, 0.5) is 8.78 Å². The predicted octanol–water partition coefficient (Wildman–Crippen LogP) is 0.0189. The fourth-order valence-corrected chi connectivity index (χ4v) is 0.922. The molecule has 4 nitrogen and oxygen atoms in total. The Bertz CT molecular complexity index is 185. The van der Waals surface area contributed by atoms with Gasteiger partial charge in [-0.3, -0.25) is 4.90 Å². The average Bonchev–Trinajstić information content (AvgIpc) is 1.82. The van der Waals surface area contributed by atoms with Crippen LogP contribution in [0.1, 0.15) is 6.92 Å². The summed E-state index contributed by atoms with van der Waals surface area (Å²) in [6.07, 6.45) is -0.755. The van der Waals surface area contributed by atoms with E-state index >= 15 is 0 Å². The van der Waals surface area contributed by atoms with Gasteiger partial charge in [0, 0.05) is 6.54 Å². The van der Waals surface area contributed by atoms with Gasteiger partial charge in [-0.05, 0) is 14.0 Å². The van der Waals surface area contributed by atoms with Crippen molar-refractivity contribution in [1.82, 2.24) is 4.90 Å². The number of aliphatic hydroxyl groups excluding tert-OH is 1. The Morgan fingerprint density at radius 3 is 2.38 bits per heavy atom. The average molecular weight is 197 g/mol. The van der Waals surface area contributed by atoms with Gasteiger partial charge in [0.05, 0.1) is 12.6 Å². The largest absolute Gasteiger partial charge is 0.477 e. The van der Waals surface area contributed by atoms with E-state index in [0.717, 1.165) is 4.90 Å². The summed E-state index contributed by atoms with van der Waals surface area (Å²) in [5, 5.41) is 16.9. The Hall–Kier alpha value is -0.750. The molecule has 0 aromatic rings. The van der Waals surface area contributed by atoms with Crippen LogP contribution in [0.3, 0.4) is 0 Å². The molecule has 78 valence electrons. The van der Waals surface area contributed by atoms with E-state index < -0.39 is 24.5 Å². The van der Waals surface area contributed by atoms with E-state index in [0.29, 0.717) is 0 Å². The van der Waals surface area contributed by atoms with Crippen molar-refractivity contribution in [2.24, 2.45) is 0 Å². The Morgan fingerprint density at radius 1 is 1.62 bits per heavy atom. The Balaban J connectivity index is 4.04. The molecule has 0 amide bonds. The number of alkyl halides is 2. The van der Waals surface area contributed by atoms with Crippen LogP contribution in [0.5, 0.6) is 0 Å². The zero-order valence-electron chi connectivity index (χ0n) is 7.50. The van der Waals surface area contributed by atoms with Crippen LogP contribution < -0.4 is 0 Å². The molecule has 0 rings (SSSR count). The van der Waals surface area contributed by atoms with Gasteiger partial charge in [-0.25, -0.2) is 4.79 Å². The highest BCUT2D eigenvalue weighted by Gasteiger charge is 2.39. The van der Waals surface area contributed by atoms with Gasteiger partial charge in [0.1, 0.15) is 0 Å². The SMILES string of the molecule is CC(O)CN(C)CC(F)(F)C(=O)O. The molecule has 0 aromatic heterocycles. The van der Waals surface area contributed by atoms with Gasteiger partial charge >= 0.3 is 11.9 Å². The second-order valence-electron chi connectivity index (χ2n) is 3.06. The number of halogens is 2. The molecule has 0 aliphatic rings. The van der Waals surface area contributed by atoms with Gasteiger partial charge < -0.3 is 10.2 Å². The van der Waals surface area contributed by atoms with E-state index in [1.165, 1.54) is 14.0 Å². The van der Waals surface area contributed by atoms with Crippen LogP contribution in [-0.2, 0) is 4.79 Å². The molecule has 0 saturated carbocycles. The second kappa shape index (κ2) is 4.48. The first-order chi connectivity index (χ1) is 5.75. The van der Waals surface area contributed by atoms with E-state index in [-0.39, 0.29) is 6.54 Å². The monoisotopic (exact) mass is 197 g/mol. The number of likely N-dealkylation sites (N-methyl/N-ethyl adjacent to an activating group) is 1. The number of carboxylic acid groups (broad SMARTS) is 1. The van der Waals surface area contributed by atoms with Crippen LogP contribution in [-0.4, -0.2) is 53.2 Å². The zero-order valence-corrected chi connectivity index (χ0v) is 7.50. The number of aliphatic hydroxyl groups is 1. The fraction of sp³-hybridized carbons (Fsp3) is 0.857. The van der Waals surface area contributed by atoms with Crippen molar-refractivity contribution in [2.45, 2.75) is 19.0 Å².